The smallest absolute Gasteiger partial charge is 0.259 e. The number of nitrogens with one attached hydrogen (secondary N) is 1. The lowest BCUT2D eigenvalue weighted by molar-refractivity contribution is 0.0880. The summed E-state index contributed by atoms with van der Waals surface area (Å²) in [5.74, 6) is -0.988. The van der Waals surface area contributed by atoms with Crippen molar-refractivity contribution in [1.82, 2.24) is 9.88 Å². The molecule has 0 bridgehead atoms. The number of rotatable bonds is 2. The van der Waals surface area contributed by atoms with E-state index in [2.05, 4.69) is 5.32 Å². The highest BCUT2D eigenvalue weighted by Crippen LogP contribution is 2.42. The molecule has 0 saturated carbocycles. The van der Waals surface area contributed by atoms with Crippen LogP contribution in [0, 0.1) is 0 Å². The van der Waals surface area contributed by atoms with E-state index in [4.69, 9.17) is 23.2 Å². The molecule has 2 amide bonds. The zero-order chi connectivity index (χ0) is 17.9. The molecule has 0 atom stereocenters. The Bertz CT molecular complexity index is 1090. The second-order valence-electron chi connectivity index (χ2n) is 5.81. The molecule has 25 heavy (non-hydrogen) atoms. The minimum atomic E-state index is -0.504. The van der Waals surface area contributed by atoms with E-state index in [0.29, 0.717) is 32.7 Å². The topological polar surface area (TPSA) is 71.3 Å². The Kier molecular flexibility index (Phi) is 3.61. The van der Waals surface area contributed by atoms with E-state index in [1.165, 1.54) is 0 Å². The number of benzene rings is 2. The minimum absolute atomic E-state index is 0.220. The van der Waals surface area contributed by atoms with Crippen molar-refractivity contribution in [1.29, 1.82) is 0 Å². The lowest BCUT2D eigenvalue weighted by atomic mass is 9.94. The Labute approximate surface area is 152 Å². The van der Waals surface area contributed by atoms with Crippen molar-refractivity contribution in [3.63, 3.8) is 0 Å². The molecule has 1 aromatic heterocycles. The minimum Gasteiger partial charge on any atom is -0.390 e. The van der Waals surface area contributed by atoms with Crippen LogP contribution in [0.2, 0.25) is 10.0 Å². The fourth-order valence-electron chi connectivity index (χ4n) is 3.35. The van der Waals surface area contributed by atoms with Crippen molar-refractivity contribution in [3.05, 3.63) is 57.2 Å². The number of nitrogens with zero attached hydrogens (tertiary/aromatic N) is 1. The standard InChI is InChI=1S/C18H12Cl2N2O3/c1-22-11-6-9(8-4-2-3-5-10(8)19)13-15(18(25)21-17(13)24)14(11)16(20)12(22)7-23/h2-6,23H,7H2,1H3,(H,21,24,25). The third-order valence-corrected chi connectivity index (χ3v) is 5.28. The van der Waals surface area contributed by atoms with Crippen LogP contribution in [0.15, 0.2) is 30.3 Å². The van der Waals surface area contributed by atoms with Gasteiger partial charge in [-0.25, -0.2) is 0 Å². The zero-order valence-corrected chi connectivity index (χ0v) is 14.6. The van der Waals surface area contributed by atoms with E-state index in [1.54, 1.807) is 35.9 Å². The van der Waals surface area contributed by atoms with Gasteiger partial charge in [0, 0.05) is 23.0 Å². The Morgan fingerprint density at radius 1 is 1.08 bits per heavy atom. The summed E-state index contributed by atoms with van der Waals surface area (Å²) in [6.07, 6.45) is 0. The first kappa shape index (κ1) is 16.1. The first-order valence-electron chi connectivity index (χ1n) is 7.51. The maximum atomic E-state index is 12.4. The van der Waals surface area contributed by atoms with Crippen LogP contribution in [-0.4, -0.2) is 21.5 Å². The van der Waals surface area contributed by atoms with Gasteiger partial charge in [0.25, 0.3) is 11.8 Å². The first-order valence-corrected chi connectivity index (χ1v) is 8.26. The van der Waals surface area contributed by atoms with Crippen molar-refractivity contribution in [2.75, 3.05) is 0 Å². The Balaban J connectivity index is 2.22. The number of hydrogen-bond acceptors (Lipinski definition) is 3. The van der Waals surface area contributed by atoms with Crippen LogP contribution in [0.4, 0.5) is 0 Å². The number of aliphatic hydroxyl groups is 1. The normalized spacial score (nSPS) is 13.4. The molecule has 0 saturated heterocycles. The summed E-state index contributed by atoms with van der Waals surface area (Å²) in [7, 11) is 1.75. The average molecular weight is 375 g/mol. The van der Waals surface area contributed by atoms with Gasteiger partial charge in [-0.1, -0.05) is 41.4 Å². The summed E-state index contributed by atoms with van der Waals surface area (Å²) in [5.41, 5.74) is 2.79. The highest BCUT2D eigenvalue weighted by molar-refractivity contribution is 6.40. The van der Waals surface area contributed by atoms with Gasteiger partial charge in [-0.3, -0.25) is 14.9 Å². The predicted octanol–water partition coefficient (Wildman–Crippen LogP) is 3.53. The number of aliphatic hydroxyl groups excluding tert-OH is 1. The first-order chi connectivity index (χ1) is 12.0. The molecule has 2 N–H and O–H groups in total. The van der Waals surface area contributed by atoms with Crippen molar-refractivity contribution in [3.8, 4) is 11.1 Å². The van der Waals surface area contributed by atoms with Crippen LogP contribution in [0.1, 0.15) is 26.4 Å². The molecule has 0 aliphatic carbocycles. The molecular formula is C18H12Cl2N2O3. The Hall–Kier alpha value is -2.34. The fraction of sp³-hybridized carbons (Fsp3) is 0.111. The molecule has 0 spiro atoms. The lowest BCUT2D eigenvalue weighted by Gasteiger charge is -2.10. The van der Waals surface area contributed by atoms with Gasteiger partial charge in [0.1, 0.15) is 0 Å². The summed E-state index contributed by atoms with van der Waals surface area (Å²) in [6, 6.07) is 8.89. The third-order valence-electron chi connectivity index (χ3n) is 4.54. The maximum absolute atomic E-state index is 12.4. The second kappa shape index (κ2) is 5.59. The average Bonchev–Trinajstić information content (AvgIpc) is 3.01. The number of aryl methyl sites for hydroxylation is 1. The van der Waals surface area contributed by atoms with Crippen LogP contribution >= 0.6 is 23.2 Å². The number of amides is 2. The SMILES string of the molecule is Cn1c(CO)c(Cl)c2c3c(c(-c4ccccc4Cl)cc21)C(=O)NC3=O. The van der Waals surface area contributed by atoms with Crippen LogP contribution in [0.25, 0.3) is 22.0 Å². The number of aromatic nitrogens is 1. The molecule has 5 nitrogen and oxygen atoms in total. The van der Waals surface area contributed by atoms with Crippen molar-refractivity contribution in [2.24, 2.45) is 7.05 Å². The summed E-state index contributed by atoms with van der Waals surface area (Å²) < 4.78 is 1.72. The van der Waals surface area contributed by atoms with E-state index < -0.39 is 11.8 Å². The lowest BCUT2D eigenvalue weighted by Crippen LogP contribution is -2.20. The van der Waals surface area contributed by atoms with Crippen molar-refractivity contribution < 1.29 is 14.7 Å². The molecule has 0 radical (unpaired) electrons. The Morgan fingerprint density at radius 3 is 2.44 bits per heavy atom. The summed E-state index contributed by atoms with van der Waals surface area (Å²) in [6.45, 7) is -0.282. The zero-order valence-electron chi connectivity index (χ0n) is 13.1. The number of hydrogen-bond donors (Lipinski definition) is 2. The molecule has 2 heterocycles. The molecular weight excluding hydrogens is 363 g/mol. The monoisotopic (exact) mass is 374 g/mol. The van der Waals surface area contributed by atoms with Crippen molar-refractivity contribution >= 4 is 45.9 Å². The molecule has 4 rings (SSSR count). The van der Waals surface area contributed by atoms with E-state index in [-0.39, 0.29) is 22.8 Å². The van der Waals surface area contributed by atoms with Gasteiger partial charge in [-0.2, -0.15) is 0 Å². The quantitative estimate of drug-likeness (QED) is 0.674. The highest BCUT2D eigenvalue weighted by Gasteiger charge is 2.35. The van der Waals surface area contributed by atoms with E-state index in [9.17, 15) is 14.7 Å². The van der Waals surface area contributed by atoms with Gasteiger partial charge >= 0.3 is 0 Å². The molecule has 1 aliphatic heterocycles. The van der Waals surface area contributed by atoms with Gasteiger partial charge < -0.3 is 9.67 Å². The number of carbonyl (C=O) groups excluding carboxylic acids is 2. The second-order valence-corrected chi connectivity index (χ2v) is 6.59. The molecule has 126 valence electrons. The van der Waals surface area contributed by atoms with Crippen LogP contribution in [0.5, 0.6) is 0 Å². The summed E-state index contributed by atoms with van der Waals surface area (Å²) in [4.78, 5) is 24.8. The highest BCUT2D eigenvalue weighted by atomic mass is 35.5. The van der Waals surface area contributed by atoms with Crippen LogP contribution < -0.4 is 5.32 Å². The van der Waals surface area contributed by atoms with E-state index >= 15 is 0 Å². The summed E-state index contributed by atoms with van der Waals surface area (Å²) in [5, 5.41) is 13.1. The maximum Gasteiger partial charge on any atom is 0.259 e. The van der Waals surface area contributed by atoms with Gasteiger partial charge in [0.15, 0.2) is 0 Å². The van der Waals surface area contributed by atoms with Crippen molar-refractivity contribution in [2.45, 2.75) is 6.61 Å². The van der Waals surface area contributed by atoms with Crippen LogP contribution in [-0.2, 0) is 13.7 Å². The number of halogens is 2. The van der Waals surface area contributed by atoms with Gasteiger partial charge in [-0.15, -0.1) is 0 Å². The Morgan fingerprint density at radius 2 is 1.76 bits per heavy atom. The molecule has 0 fully saturated rings. The number of fused-ring (bicyclic) bond motifs is 3. The largest absolute Gasteiger partial charge is 0.390 e. The number of carbonyl (C=O) groups is 2. The number of imide groups is 1. The van der Waals surface area contributed by atoms with E-state index in [0.717, 1.165) is 0 Å². The molecule has 3 aromatic rings. The van der Waals surface area contributed by atoms with E-state index in [1.807, 2.05) is 6.07 Å². The third kappa shape index (κ3) is 2.13. The van der Waals surface area contributed by atoms with Gasteiger partial charge in [-0.05, 0) is 17.7 Å². The molecule has 7 heteroatoms. The van der Waals surface area contributed by atoms with Gasteiger partial charge in [0.2, 0.25) is 0 Å². The molecule has 1 aliphatic rings. The van der Waals surface area contributed by atoms with Gasteiger partial charge in [0.05, 0.1) is 34.0 Å². The molecule has 2 aromatic carbocycles. The fourth-order valence-corrected chi connectivity index (χ4v) is 3.97. The predicted molar refractivity (Wildman–Crippen MR) is 96.1 cm³/mol. The summed E-state index contributed by atoms with van der Waals surface area (Å²) >= 11 is 12.7. The molecule has 0 unspecified atom stereocenters. The van der Waals surface area contributed by atoms with Crippen LogP contribution in [0.3, 0.4) is 0 Å².